The summed E-state index contributed by atoms with van der Waals surface area (Å²) in [4.78, 5) is 24.4. The lowest BCUT2D eigenvalue weighted by atomic mass is 10.1. The van der Waals surface area contributed by atoms with Gasteiger partial charge in [-0.2, -0.15) is 0 Å². The third-order valence-corrected chi connectivity index (χ3v) is 1.54. The molecule has 6 heteroatoms. The average Bonchev–Trinajstić information content (AvgIpc) is 2.15. The molecule has 0 aliphatic rings. The van der Waals surface area contributed by atoms with Crippen LogP contribution in [0.25, 0.3) is 0 Å². The molecule has 14 heavy (non-hydrogen) atoms. The van der Waals surface area contributed by atoms with Crippen LogP contribution in [0.15, 0.2) is 24.3 Å². The standard InChI is InChI=1S/C8H7NO5/c10-8(11)7-3-1-6(2-4-7)5-14-9(12)13/h1-4H,5H2,(H,10,11). The van der Waals surface area contributed by atoms with E-state index in [-0.39, 0.29) is 12.2 Å². The van der Waals surface area contributed by atoms with Gasteiger partial charge in [0.2, 0.25) is 0 Å². The fourth-order valence-corrected chi connectivity index (χ4v) is 0.871. The molecule has 0 aliphatic carbocycles. The molecule has 0 heterocycles. The normalized spacial score (nSPS) is 9.43. The van der Waals surface area contributed by atoms with Gasteiger partial charge in [0.05, 0.1) is 5.56 Å². The zero-order valence-corrected chi connectivity index (χ0v) is 7.04. The molecule has 0 spiro atoms. The van der Waals surface area contributed by atoms with Crippen molar-refractivity contribution in [1.29, 1.82) is 0 Å². The zero-order chi connectivity index (χ0) is 10.6. The number of hydrogen-bond acceptors (Lipinski definition) is 4. The van der Waals surface area contributed by atoms with Gasteiger partial charge in [-0.1, -0.05) is 12.1 Å². The molecule has 1 aromatic rings. The Morgan fingerprint density at radius 2 is 2.00 bits per heavy atom. The Morgan fingerprint density at radius 1 is 1.43 bits per heavy atom. The number of rotatable bonds is 4. The Balaban J connectivity index is 2.64. The Labute approximate surface area is 78.8 Å². The molecule has 0 aromatic heterocycles. The van der Waals surface area contributed by atoms with Gasteiger partial charge in [-0.15, -0.1) is 10.1 Å². The molecule has 0 atom stereocenters. The number of carboxylic acids is 1. The minimum atomic E-state index is -1.04. The average molecular weight is 197 g/mol. The van der Waals surface area contributed by atoms with Crippen LogP contribution >= 0.6 is 0 Å². The predicted octanol–water partition coefficient (Wildman–Crippen LogP) is 1.09. The van der Waals surface area contributed by atoms with Crippen molar-refractivity contribution in [1.82, 2.24) is 0 Å². The van der Waals surface area contributed by atoms with Gasteiger partial charge in [-0.3, -0.25) is 0 Å². The van der Waals surface area contributed by atoms with E-state index in [9.17, 15) is 14.9 Å². The molecular formula is C8H7NO5. The molecule has 0 saturated heterocycles. The van der Waals surface area contributed by atoms with E-state index in [4.69, 9.17) is 5.11 Å². The number of hydrogen-bond donors (Lipinski definition) is 1. The van der Waals surface area contributed by atoms with Crippen molar-refractivity contribution < 1.29 is 19.8 Å². The molecular weight excluding hydrogens is 190 g/mol. The lowest BCUT2D eigenvalue weighted by Crippen LogP contribution is -2.01. The topological polar surface area (TPSA) is 89.7 Å². The highest BCUT2D eigenvalue weighted by Crippen LogP contribution is 2.05. The molecule has 1 rings (SSSR count). The van der Waals surface area contributed by atoms with Gasteiger partial charge in [0.25, 0.3) is 5.09 Å². The van der Waals surface area contributed by atoms with Gasteiger partial charge in [-0.25, -0.2) is 4.79 Å². The van der Waals surface area contributed by atoms with Gasteiger partial charge in [0, 0.05) is 0 Å². The Kier molecular flexibility index (Phi) is 3.01. The third kappa shape index (κ3) is 2.74. The van der Waals surface area contributed by atoms with Crippen LogP contribution in [0.5, 0.6) is 0 Å². The van der Waals surface area contributed by atoms with Crippen molar-refractivity contribution in [3.63, 3.8) is 0 Å². The molecule has 0 radical (unpaired) electrons. The minimum Gasteiger partial charge on any atom is -0.478 e. The van der Waals surface area contributed by atoms with Crippen molar-refractivity contribution in [2.75, 3.05) is 0 Å². The predicted molar refractivity (Wildman–Crippen MR) is 45.2 cm³/mol. The molecule has 1 N–H and O–H groups in total. The molecule has 0 unspecified atom stereocenters. The maximum Gasteiger partial charge on any atom is 0.335 e. The number of carbonyl (C=O) groups is 1. The van der Waals surface area contributed by atoms with Crippen molar-refractivity contribution >= 4 is 5.97 Å². The highest BCUT2D eigenvalue weighted by atomic mass is 16.9. The van der Waals surface area contributed by atoms with Crippen LogP contribution in [0.4, 0.5) is 0 Å². The maximum atomic E-state index is 10.4. The van der Waals surface area contributed by atoms with Crippen molar-refractivity contribution in [3.8, 4) is 0 Å². The van der Waals surface area contributed by atoms with Gasteiger partial charge in [0.1, 0.15) is 6.61 Å². The Hall–Kier alpha value is -2.11. The van der Waals surface area contributed by atoms with Crippen LogP contribution in [0, 0.1) is 10.1 Å². The summed E-state index contributed by atoms with van der Waals surface area (Å²) in [5.74, 6) is -1.04. The quantitative estimate of drug-likeness (QED) is 0.576. The first-order valence-corrected chi connectivity index (χ1v) is 3.69. The second-order valence-corrected chi connectivity index (χ2v) is 2.50. The SMILES string of the molecule is O=C(O)c1ccc(CO[N+](=O)[O-])cc1. The van der Waals surface area contributed by atoms with Crippen LogP contribution < -0.4 is 0 Å². The van der Waals surface area contributed by atoms with Crippen LogP contribution in [-0.2, 0) is 11.4 Å². The van der Waals surface area contributed by atoms with Gasteiger partial charge in [-0.05, 0) is 17.7 Å². The molecule has 0 bridgehead atoms. The monoisotopic (exact) mass is 197 g/mol. The number of carboxylic acid groups (broad SMARTS) is 1. The Morgan fingerprint density at radius 3 is 2.43 bits per heavy atom. The number of nitrogens with zero attached hydrogens (tertiary/aromatic N) is 1. The minimum absolute atomic E-state index is 0.134. The smallest absolute Gasteiger partial charge is 0.335 e. The van der Waals surface area contributed by atoms with E-state index in [2.05, 4.69) is 4.84 Å². The van der Waals surface area contributed by atoms with E-state index in [1.165, 1.54) is 24.3 Å². The highest BCUT2D eigenvalue weighted by Gasteiger charge is 2.02. The third-order valence-electron chi connectivity index (χ3n) is 1.54. The van der Waals surface area contributed by atoms with Gasteiger partial charge < -0.3 is 9.94 Å². The fraction of sp³-hybridized carbons (Fsp3) is 0.125. The number of benzene rings is 1. The van der Waals surface area contributed by atoms with E-state index >= 15 is 0 Å². The first-order valence-electron chi connectivity index (χ1n) is 3.69. The summed E-state index contributed by atoms with van der Waals surface area (Å²) in [6.07, 6.45) is 0. The lowest BCUT2D eigenvalue weighted by molar-refractivity contribution is -0.763. The number of aromatic carboxylic acids is 1. The molecule has 74 valence electrons. The van der Waals surface area contributed by atoms with Gasteiger partial charge >= 0.3 is 5.97 Å². The summed E-state index contributed by atoms with van der Waals surface area (Å²) >= 11 is 0. The second-order valence-electron chi connectivity index (χ2n) is 2.50. The van der Waals surface area contributed by atoms with E-state index in [1.807, 2.05) is 0 Å². The molecule has 0 aliphatic heterocycles. The zero-order valence-electron chi connectivity index (χ0n) is 7.04. The summed E-state index contributed by atoms with van der Waals surface area (Å²) < 4.78 is 0. The lowest BCUT2D eigenvalue weighted by Gasteiger charge is -1.99. The highest BCUT2D eigenvalue weighted by molar-refractivity contribution is 5.87. The van der Waals surface area contributed by atoms with E-state index in [0.717, 1.165) is 0 Å². The van der Waals surface area contributed by atoms with Crippen LogP contribution in [0.1, 0.15) is 15.9 Å². The first kappa shape index (κ1) is 9.97. The van der Waals surface area contributed by atoms with E-state index in [1.54, 1.807) is 0 Å². The fourth-order valence-electron chi connectivity index (χ4n) is 0.871. The summed E-state index contributed by atoms with van der Waals surface area (Å²) in [5, 5.41) is 17.5. The van der Waals surface area contributed by atoms with Crippen molar-refractivity contribution in [2.45, 2.75) is 6.61 Å². The van der Waals surface area contributed by atoms with Gasteiger partial charge in [0.15, 0.2) is 0 Å². The van der Waals surface area contributed by atoms with E-state index in [0.29, 0.717) is 5.56 Å². The first-order chi connectivity index (χ1) is 6.59. The van der Waals surface area contributed by atoms with E-state index < -0.39 is 11.1 Å². The van der Waals surface area contributed by atoms with Crippen LogP contribution in [-0.4, -0.2) is 16.2 Å². The van der Waals surface area contributed by atoms with Crippen molar-refractivity contribution in [3.05, 3.63) is 45.5 Å². The largest absolute Gasteiger partial charge is 0.478 e. The van der Waals surface area contributed by atoms with Crippen LogP contribution in [0.2, 0.25) is 0 Å². The molecule has 0 saturated carbocycles. The van der Waals surface area contributed by atoms with Crippen LogP contribution in [0.3, 0.4) is 0 Å². The summed E-state index contributed by atoms with van der Waals surface area (Å²) in [6, 6.07) is 5.65. The summed E-state index contributed by atoms with van der Waals surface area (Å²) in [6.45, 7) is -0.174. The molecule has 6 nitrogen and oxygen atoms in total. The maximum absolute atomic E-state index is 10.4. The van der Waals surface area contributed by atoms with Crippen molar-refractivity contribution in [2.24, 2.45) is 0 Å². The molecule has 0 fully saturated rings. The Bertz CT molecular complexity index is 345. The molecule has 1 aromatic carbocycles. The second kappa shape index (κ2) is 4.22. The summed E-state index contributed by atoms with van der Waals surface area (Å²) in [7, 11) is 0. The summed E-state index contributed by atoms with van der Waals surface area (Å²) in [5.41, 5.74) is 0.682. The molecule has 0 amide bonds.